The zero-order chi connectivity index (χ0) is 13.2. The normalized spacial score (nSPS) is 15.1. The monoisotopic (exact) mass is 235 g/mol. The van der Waals surface area contributed by atoms with Gasteiger partial charge in [0.2, 0.25) is 0 Å². The average Bonchev–Trinajstić information content (AvgIpc) is 2.15. The minimum atomic E-state index is -0.0828. The Balaban J connectivity index is 3.15. The van der Waals surface area contributed by atoms with Crippen LogP contribution in [-0.2, 0) is 0 Å². The van der Waals surface area contributed by atoms with Gasteiger partial charge in [0.25, 0.3) is 0 Å². The molecule has 17 heavy (non-hydrogen) atoms. The topological polar surface area (TPSA) is 46.2 Å². The zero-order valence-corrected chi connectivity index (χ0v) is 11.6. The van der Waals surface area contributed by atoms with Crippen molar-refractivity contribution in [2.45, 2.75) is 40.7 Å². The first-order chi connectivity index (χ1) is 7.88. The van der Waals surface area contributed by atoms with E-state index in [2.05, 4.69) is 46.8 Å². The molecular formula is C15H25NO. The lowest BCUT2D eigenvalue weighted by atomic mass is 9.82. The van der Waals surface area contributed by atoms with Crippen molar-refractivity contribution in [1.29, 1.82) is 0 Å². The molecule has 0 aliphatic heterocycles. The molecule has 0 heterocycles. The maximum atomic E-state index is 9.48. The second kappa shape index (κ2) is 5.65. The van der Waals surface area contributed by atoms with E-state index in [9.17, 15) is 5.11 Å². The van der Waals surface area contributed by atoms with Gasteiger partial charge in [-0.3, -0.25) is 0 Å². The summed E-state index contributed by atoms with van der Waals surface area (Å²) in [6.45, 7) is 10.7. The third-order valence-electron chi connectivity index (χ3n) is 3.60. The SMILES string of the molecule is Cc1cc(C)c(C(N)C(CO)C(C)C)c(C)c1. The summed E-state index contributed by atoms with van der Waals surface area (Å²) in [5.74, 6) is 0.505. The van der Waals surface area contributed by atoms with Crippen LogP contribution in [0.25, 0.3) is 0 Å². The van der Waals surface area contributed by atoms with Crippen LogP contribution in [0.3, 0.4) is 0 Å². The first-order valence-corrected chi connectivity index (χ1v) is 6.32. The fraction of sp³-hybridized carbons (Fsp3) is 0.600. The summed E-state index contributed by atoms with van der Waals surface area (Å²) < 4.78 is 0. The summed E-state index contributed by atoms with van der Waals surface area (Å²) in [5, 5.41) is 9.48. The molecule has 1 rings (SSSR count). The van der Waals surface area contributed by atoms with Crippen LogP contribution >= 0.6 is 0 Å². The molecular weight excluding hydrogens is 210 g/mol. The van der Waals surface area contributed by atoms with Gasteiger partial charge in [0, 0.05) is 18.6 Å². The first-order valence-electron chi connectivity index (χ1n) is 6.32. The molecule has 2 nitrogen and oxygen atoms in total. The van der Waals surface area contributed by atoms with E-state index < -0.39 is 0 Å². The van der Waals surface area contributed by atoms with E-state index in [-0.39, 0.29) is 18.6 Å². The largest absolute Gasteiger partial charge is 0.396 e. The second-order valence-corrected chi connectivity index (χ2v) is 5.43. The van der Waals surface area contributed by atoms with E-state index in [1.165, 1.54) is 22.3 Å². The molecule has 0 spiro atoms. The number of aliphatic hydroxyl groups excluding tert-OH is 1. The predicted octanol–water partition coefficient (Wildman–Crippen LogP) is 2.88. The minimum Gasteiger partial charge on any atom is -0.396 e. The van der Waals surface area contributed by atoms with E-state index in [0.717, 1.165) is 0 Å². The molecule has 0 bridgehead atoms. The summed E-state index contributed by atoms with van der Waals surface area (Å²) >= 11 is 0. The highest BCUT2D eigenvalue weighted by atomic mass is 16.3. The van der Waals surface area contributed by atoms with Gasteiger partial charge in [0.15, 0.2) is 0 Å². The van der Waals surface area contributed by atoms with Crippen molar-refractivity contribution in [2.24, 2.45) is 17.6 Å². The molecule has 96 valence electrons. The molecule has 0 aliphatic carbocycles. The van der Waals surface area contributed by atoms with Crippen molar-refractivity contribution < 1.29 is 5.11 Å². The zero-order valence-electron chi connectivity index (χ0n) is 11.6. The van der Waals surface area contributed by atoms with Crippen molar-refractivity contribution >= 4 is 0 Å². The lowest BCUT2D eigenvalue weighted by Gasteiger charge is -2.28. The number of hydrogen-bond donors (Lipinski definition) is 2. The Morgan fingerprint density at radius 1 is 1.12 bits per heavy atom. The van der Waals surface area contributed by atoms with Crippen molar-refractivity contribution in [2.75, 3.05) is 6.61 Å². The molecule has 2 heteroatoms. The highest BCUT2D eigenvalue weighted by molar-refractivity contribution is 5.39. The van der Waals surface area contributed by atoms with Gasteiger partial charge in [0.05, 0.1) is 0 Å². The van der Waals surface area contributed by atoms with Crippen LogP contribution < -0.4 is 5.73 Å². The molecule has 2 unspecified atom stereocenters. The van der Waals surface area contributed by atoms with Gasteiger partial charge < -0.3 is 10.8 Å². The van der Waals surface area contributed by atoms with Gasteiger partial charge in [-0.15, -0.1) is 0 Å². The van der Waals surface area contributed by atoms with E-state index in [1.807, 2.05) is 0 Å². The van der Waals surface area contributed by atoms with Crippen molar-refractivity contribution in [3.63, 3.8) is 0 Å². The maximum absolute atomic E-state index is 9.48. The molecule has 1 aromatic carbocycles. The fourth-order valence-electron chi connectivity index (χ4n) is 2.67. The van der Waals surface area contributed by atoms with Crippen LogP contribution in [0.15, 0.2) is 12.1 Å². The van der Waals surface area contributed by atoms with Crippen LogP contribution in [0.4, 0.5) is 0 Å². The van der Waals surface area contributed by atoms with Gasteiger partial charge >= 0.3 is 0 Å². The van der Waals surface area contributed by atoms with E-state index in [0.29, 0.717) is 5.92 Å². The van der Waals surface area contributed by atoms with Crippen LogP contribution in [0.5, 0.6) is 0 Å². The Kier molecular flexibility index (Phi) is 4.72. The molecule has 0 radical (unpaired) electrons. The summed E-state index contributed by atoms with van der Waals surface area (Å²) in [6, 6.07) is 4.24. The van der Waals surface area contributed by atoms with Crippen LogP contribution in [0.2, 0.25) is 0 Å². The lowest BCUT2D eigenvalue weighted by molar-refractivity contribution is 0.165. The quantitative estimate of drug-likeness (QED) is 0.843. The molecule has 0 saturated carbocycles. The molecule has 1 aromatic rings. The fourth-order valence-corrected chi connectivity index (χ4v) is 2.67. The smallest absolute Gasteiger partial charge is 0.0479 e. The third kappa shape index (κ3) is 3.08. The highest BCUT2D eigenvalue weighted by Gasteiger charge is 2.24. The Morgan fingerprint density at radius 3 is 1.94 bits per heavy atom. The standard InChI is InChI=1S/C15H25NO/c1-9(2)13(8-17)15(16)14-11(4)6-10(3)7-12(14)5/h6-7,9,13,15,17H,8,16H2,1-5H3. The molecule has 0 aromatic heterocycles. The summed E-state index contributed by atoms with van der Waals surface area (Å²) in [5.41, 5.74) is 11.3. The summed E-state index contributed by atoms with van der Waals surface area (Å²) in [4.78, 5) is 0. The minimum absolute atomic E-state index is 0.0828. The van der Waals surface area contributed by atoms with Crippen molar-refractivity contribution in [1.82, 2.24) is 0 Å². The van der Waals surface area contributed by atoms with E-state index in [4.69, 9.17) is 5.73 Å². The first kappa shape index (κ1) is 14.2. The Morgan fingerprint density at radius 2 is 1.59 bits per heavy atom. The van der Waals surface area contributed by atoms with Gasteiger partial charge in [0.1, 0.15) is 0 Å². The van der Waals surface area contributed by atoms with Crippen LogP contribution in [0, 0.1) is 32.6 Å². The van der Waals surface area contributed by atoms with Gasteiger partial charge in [-0.05, 0) is 43.4 Å². The van der Waals surface area contributed by atoms with Gasteiger partial charge in [-0.1, -0.05) is 31.5 Å². The molecule has 2 atom stereocenters. The predicted molar refractivity (Wildman–Crippen MR) is 73.0 cm³/mol. The van der Waals surface area contributed by atoms with Gasteiger partial charge in [-0.25, -0.2) is 0 Å². The molecule has 0 fully saturated rings. The lowest BCUT2D eigenvalue weighted by Crippen LogP contribution is -2.29. The van der Waals surface area contributed by atoms with E-state index in [1.54, 1.807) is 0 Å². The summed E-state index contributed by atoms with van der Waals surface area (Å²) in [6.07, 6.45) is 0. The average molecular weight is 235 g/mol. The molecule has 0 aliphatic rings. The third-order valence-corrected chi connectivity index (χ3v) is 3.60. The van der Waals surface area contributed by atoms with Crippen molar-refractivity contribution in [3.8, 4) is 0 Å². The van der Waals surface area contributed by atoms with E-state index >= 15 is 0 Å². The number of hydrogen-bond acceptors (Lipinski definition) is 2. The number of benzene rings is 1. The Labute approximate surface area is 105 Å². The second-order valence-electron chi connectivity index (χ2n) is 5.43. The summed E-state index contributed by atoms with van der Waals surface area (Å²) in [7, 11) is 0. The number of aryl methyl sites for hydroxylation is 3. The Hall–Kier alpha value is -0.860. The van der Waals surface area contributed by atoms with Crippen LogP contribution in [-0.4, -0.2) is 11.7 Å². The van der Waals surface area contributed by atoms with Crippen LogP contribution in [0.1, 0.15) is 42.1 Å². The number of aliphatic hydroxyl groups is 1. The molecule has 0 amide bonds. The molecule has 0 saturated heterocycles. The molecule has 3 N–H and O–H groups in total. The number of rotatable bonds is 4. The van der Waals surface area contributed by atoms with Gasteiger partial charge in [-0.2, -0.15) is 0 Å². The number of nitrogens with two attached hydrogens (primary N) is 1. The Bertz CT molecular complexity index is 362. The maximum Gasteiger partial charge on any atom is 0.0479 e. The van der Waals surface area contributed by atoms with Crippen molar-refractivity contribution in [3.05, 3.63) is 34.4 Å². The highest BCUT2D eigenvalue weighted by Crippen LogP contribution is 2.30.